The van der Waals surface area contributed by atoms with Crippen LogP contribution in [0.4, 0.5) is 16.2 Å². The molecule has 1 aliphatic rings. The largest absolute Gasteiger partial charge is 0.492 e. The van der Waals surface area contributed by atoms with Crippen molar-refractivity contribution in [2.45, 2.75) is 6.92 Å². The Morgan fingerprint density at radius 1 is 1.12 bits per heavy atom. The Kier molecular flexibility index (Phi) is 5.66. The fourth-order valence-electron chi connectivity index (χ4n) is 2.89. The van der Waals surface area contributed by atoms with Gasteiger partial charge >= 0.3 is 6.03 Å². The van der Waals surface area contributed by atoms with E-state index in [0.29, 0.717) is 31.1 Å². The van der Waals surface area contributed by atoms with Crippen molar-refractivity contribution in [2.75, 3.05) is 43.0 Å². The van der Waals surface area contributed by atoms with Crippen LogP contribution in [0, 0.1) is 0 Å². The number of amides is 2. The number of ether oxygens (including phenoxy) is 1. The first-order valence-electron chi connectivity index (χ1n) is 8.45. The van der Waals surface area contributed by atoms with Crippen molar-refractivity contribution in [3.63, 3.8) is 0 Å². The van der Waals surface area contributed by atoms with Gasteiger partial charge in [-0.1, -0.05) is 29.8 Å². The number of nitrogens with one attached hydrogen (secondary N) is 1. The number of benzene rings is 2. The van der Waals surface area contributed by atoms with Crippen molar-refractivity contribution >= 4 is 29.0 Å². The van der Waals surface area contributed by atoms with E-state index in [0.717, 1.165) is 23.8 Å². The first-order valence-corrected chi connectivity index (χ1v) is 8.83. The summed E-state index contributed by atoms with van der Waals surface area (Å²) in [7, 11) is 0. The molecule has 0 unspecified atom stereocenters. The lowest BCUT2D eigenvalue weighted by Gasteiger charge is -2.36. The minimum Gasteiger partial charge on any atom is -0.492 e. The molecule has 0 aromatic heterocycles. The van der Waals surface area contributed by atoms with Crippen LogP contribution in [0.15, 0.2) is 48.5 Å². The van der Waals surface area contributed by atoms with Crippen molar-refractivity contribution in [3.05, 3.63) is 53.6 Å². The fraction of sp³-hybridized carbons (Fsp3) is 0.316. The van der Waals surface area contributed by atoms with Crippen LogP contribution in [0.2, 0.25) is 5.02 Å². The monoisotopic (exact) mass is 359 g/mol. The summed E-state index contributed by atoms with van der Waals surface area (Å²) in [6.07, 6.45) is 0. The lowest BCUT2D eigenvalue weighted by Crippen LogP contribution is -2.50. The summed E-state index contributed by atoms with van der Waals surface area (Å²) in [6.45, 7) is 5.37. The van der Waals surface area contributed by atoms with Gasteiger partial charge in [0.25, 0.3) is 0 Å². The second kappa shape index (κ2) is 8.12. The number of nitrogens with zero attached hydrogens (tertiary/aromatic N) is 2. The van der Waals surface area contributed by atoms with Crippen molar-refractivity contribution in [2.24, 2.45) is 0 Å². The quantitative estimate of drug-likeness (QED) is 0.894. The van der Waals surface area contributed by atoms with E-state index in [2.05, 4.69) is 10.2 Å². The predicted octanol–water partition coefficient (Wildman–Crippen LogP) is 4.09. The molecule has 1 saturated heterocycles. The van der Waals surface area contributed by atoms with Crippen molar-refractivity contribution in [3.8, 4) is 5.75 Å². The smallest absolute Gasteiger partial charge is 0.322 e. The standard InChI is InChI=1S/C19H22ClN3O2/c1-2-25-18-9-4-3-8-17(18)21-19(24)23-12-10-22(11-13-23)16-7-5-6-15(20)14-16/h3-9,14H,2,10-13H2,1H3,(H,21,24). The zero-order chi connectivity index (χ0) is 17.6. The van der Waals surface area contributed by atoms with Gasteiger partial charge in [-0.25, -0.2) is 4.79 Å². The maximum absolute atomic E-state index is 12.5. The number of para-hydroxylation sites is 2. The molecule has 0 spiro atoms. The van der Waals surface area contributed by atoms with Gasteiger partial charge in [-0.15, -0.1) is 0 Å². The highest BCUT2D eigenvalue weighted by atomic mass is 35.5. The summed E-state index contributed by atoms with van der Waals surface area (Å²) in [5.74, 6) is 0.691. The molecule has 1 fully saturated rings. The second-order valence-electron chi connectivity index (χ2n) is 5.81. The van der Waals surface area contributed by atoms with Crippen LogP contribution in [0.1, 0.15) is 6.92 Å². The molecule has 0 aliphatic carbocycles. The highest BCUT2D eigenvalue weighted by Gasteiger charge is 2.22. The van der Waals surface area contributed by atoms with Crippen LogP contribution in [-0.4, -0.2) is 43.7 Å². The number of piperazine rings is 1. The second-order valence-corrected chi connectivity index (χ2v) is 6.25. The summed E-state index contributed by atoms with van der Waals surface area (Å²) < 4.78 is 5.56. The molecule has 2 aromatic rings. The van der Waals surface area contributed by atoms with Gasteiger partial charge in [0.1, 0.15) is 5.75 Å². The molecule has 1 aliphatic heterocycles. The van der Waals surface area contributed by atoms with E-state index in [4.69, 9.17) is 16.3 Å². The molecule has 0 bridgehead atoms. The molecular formula is C19H22ClN3O2. The van der Waals surface area contributed by atoms with E-state index in [-0.39, 0.29) is 6.03 Å². The minimum atomic E-state index is -0.0992. The summed E-state index contributed by atoms with van der Waals surface area (Å²) in [5.41, 5.74) is 1.79. The highest BCUT2D eigenvalue weighted by molar-refractivity contribution is 6.30. The maximum Gasteiger partial charge on any atom is 0.322 e. The molecule has 2 aromatic carbocycles. The molecule has 132 valence electrons. The molecule has 5 nitrogen and oxygen atoms in total. The van der Waals surface area contributed by atoms with Crippen molar-refractivity contribution in [1.29, 1.82) is 0 Å². The Balaban J connectivity index is 1.59. The Bertz CT molecular complexity index is 730. The predicted molar refractivity (Wildman–Crippen MR) is 102 cm³/mol. The number of halogens is 1. The van der Waals surface area contributed by atoms with E-state index in [9.17, 15) is 4.79 Å². The van der Waals surface area contributed by atoms with Gasteiger partial charge in [-0.05, 0) is 37.3 Å². The average molecular weight is 360 g/mol. The molecule has 25 heavy (non-hydrogen) atoms. The van der Waals surface area contributed by atoms with E-state index in [1.165, 1.54) is 0 Å². The van der Waals surface area contributed by atoms with Crippen LogP contribution in [0.25, 0.3) is 0 Å². The zero-order valence-corrected chi connectivity index (χ0v) is 15.0. The van der Waals surface area contributed by atoms with Gasteiger partial charge < -0.3 is 19.9 Å². The summed E-state index contributed by atoms with van der Waals surface area (Å²) >= 11 is 6.06. The maximum atomic E-state index is 12.5. The SMILES string of the molecule is CCOc1ccccc1NC(=O)N1CCN(c2cccc(Cl)c2)CC1. The number of hydrogen-bond acceptors (Lipinski definition) is 3. The topological polar surface area (TPSA) is 44.8 Å². The molecule has 0 saturated carbocycles. The zero-order valence-electron chi connectivity index (χ0n) is 14.2. The third-order valence-corrected chi connectivity index (χ3v) is 4.40. The number of anilines is 2. The van der Waals surface area contributed by atoms with Gasteiger partial charge in [0, 0.05) is 36.9 Å². The molecule has 3 rings (SSSR count). The molecule has 0 radical (unpaired) electrons. The van der Waals surface area contributed by atoms with Gasteiger partial charge in [0.15, 0.2) is 0 Å². The van der Waals surface area contributed by atoms with Crippen LogP contribution in [0.3, 0.4) is 0 Å². The van der Waals surface area contributed by atoms with Crippen LogP contribution in [0.5, 0.6) is 5.75 Å². The Labute approximate surface area is 153 Å². The van der Waals surface area contributed by atoms with Crippen LogP contribution < -0.4 is 15.0 Å². The Hall–Kier alpha value is -2.40. The first kappa shape index (κ1) is 17.4. The van der Waals surface area contributed by atoms with Crippen molar-refractivity contribution in [1.82, 2.24) is 4.90 Å². The number of urea groups is 1. The van der Waals surface area contributed by atoms with Crippen LogP contribution >= 0.6 is 11.6 Å². The summed E-state index contributed by atoms with van der Waals surface area (Å²) in [4.78, 5) is 16.6. The summed E-state index contributed by atoms with van der Waals surface area (Å²) in [6, 6.07) is 15.2. The van der Waals surface area contributed by atoms with E-state index in [1.807, 2.05) is 60.4 Å². The minimum absolute atomic E-state index is 0.0992. The van der Waals surface area contributed by atoms with Gasteiger partial charge in [-0.3, -0.25) is 0 Å². The Morgan fingerprint density at radius 2 is 1.88 bits per heavy atom. The molecule has 6 heteroatoms. The van der Waals surface area contributed by atoms with Gasteiger partial charge in [0.2, 0.25) is 0 Å². The van der Waals surface area contributed by atoms with Gasteiger partial charge in [-0.2, -0.15) is 0 Å². The lowest BCUT2D eigenvalue weighted by atomic mass is 10.2. The molecule has 2 amide bonds. The number of carbonyl (C=O) groups is 1. The molecule has 1 heterocycles. The fourth-order valence-corrected chi connectivity index (χ4v) is 3.07. The molecule has 1 N–H and O–H groups in total. The van der Waals surface area contributed by atoms with E-state index >= 15 is 0 Å². The van der Waals surface area contributed by atoms with Crippen molar-refractivity contribution < 1.29 is 9.53 Å². The third-order valence-electron chi connectivity index (χ3n) is 4.17. The van der Waals surface area contributed by atoms with E-state index in [1.54, 1.807) is 0 Å². The molecular weight excluding hydrogens is 338 g/mol. The highest BCUT2D eigenvalue weighted by Crippen LogP contribution is 2.25. The molecule has 0 atom stereocenters. The average Bonchev–Trinajstić information content (AvgIpc) is 2.64. The third kappa shape index (κ3) is 4.37. The normalized spacial score (nSPS) is 14.3. The van der Waals surface area contributed by atoms with Crippen LogP contribution in [-0.2, 0) is 0 Å². The number of hydrogen-bond donors (Lipinski definition) is 1. The number of rotatable bonds is 4. The van der Waals surface area contributed by atoms with Gasteiger partial charge in [0.05, 0.1) is 12.3 Å². The Morgan fingerprint density at radius 3 is 2.60 bits per heavy atom. The lowest BCUT2D eigenvalue weighted by molar-refractivity contribution is 0.208. The first-order chi connectivity index (χ1) is 12.2. The number of carbonyl (C=O) groups excluding carboxylic acids is 1. The van der Waals surface area contributed by atoms with E-state index < -0.39 is 0 Å². The summed E-state index contributed by atoms with van der Waals surface area (Å²) in [5, 5.41) is 3.68.